The van der Waals surface area contributed by atoms with Gasteiger partial charge in [-0.05, 0) is 40.8 Å². The van der Waals surface area contributed by atoms with Crippen molar-refractivity contribution in [3.05, 3.63) is 65.7 Å². The number of hydrogen-bond acceptors (Lipinski definition) is 3. The van der Waals surface area contributed by atoms with E-state index in [1.54, 1.807) is 18.2 Å². The molecule has 2 aromatic rings. The van der Waals surface area contributed by atoms with Crippen LogP contribution >= 0.6 is 0 Å². The van der Waals surface area contributed by atoms with Crippen molar-refractivity contribution in [2.75, 3.05) is 11.9 Å². The van der Waals surface area contributed by atoms with E-state index < -0.39 is 0 Å². The normalized spacial score (nSPS) is 11.1. The molecule has 2 rings (SSSR count). The molecule has 128 valence electrons. The van der Waals surface area contributed by atoms with Gasteiger partial charge in [0.15, 0.2) is 6.61 Å². The van der Waals surface area contributed by atoms with Gasteiger partial charge in [0.2, 0.25) is 5.91 Å². The van der Waals surface area contributed by atoms with Gasteiger partial charge in [-0.15, -0.1) is 0 Å². The van der Waals surface area contributed by atoms with Crippen LogP contribution in [0.15, 0.2) is 54.6 Å². The molecule has 0 saturated heterocycles. The smallest absolute Gasteiger partial charge is 0.248 e. The van der Waals surface area contributed by atoms with Crippen LogP contribution in [0, 0.1) is 11.3 Å². The van der Waals surface area contributed by atoms with Gasteiger partial charge in [0.05, 0.1) is 0 Å². The van der Waals surface area contributed by atoms with Gasteiger partial charge in [0, 0.05) is 11.8 Å². The summed E-state index contributed by atoms with van der Waals surface area (Å²) in [6.07, 6.45) is 3.24. The Morgan fingerprint density at radius 3 is 2.48 bits per heavy atom. The molecule has 4 heteroatoms. The molecule has 0 aliphatic heterocycles. The lowest BCUT2D eigenvalue weighted by Crippen LogP contribution is -2.17. The third-order valence-corrected chi connectivity index (χ3v) is 3.60. The maximum atomic E-state index is 12.2. The summed E-state index contributed by atoms with van der Waals surface area (Å²) in [4.78, 5) is 12.2. The molecule has 25 heavy (non-hydrogen) atoms. The second-order valence-corrected chi connectivity index (χ2v) is 6.63. The van der Waals surface area contributed by atoms with Gasteiger partial charge in [-0.2, -0.15) is 5.26 Å². The van der Waals surface area contributed by atoms with Crippen LogP contribution in [0.3, 0.4) is 0 Å². The third kappa shape index (κ3) is 5.50. The lowest BCUT2D eigenvalue weighted by atomic mass is 9.86. The molecule has 0 atom stereocenters. The van der Waals surface area contributed by atoms with Gasteiger partial charge in [0.1, 0.15) is 11.8 Å². The van der Waals surface area contributed by atoms with E-state index in [9.17, 15) is 4.79 Å². The van der Waals surface area contributed by atoms with Crippen LogP contribution in [0.2, 0.25) is 0 Å². The van der Waals surface area contributed by atoms with Crippen molar-refractivity contribution >= 4 is 17.7 Å². The van der Waals surface area contributed by atoms with E-state index in [1.807, 2.05) is 42.5 Å². The summed E-state index contributed by atoms with van der Waals surface area (Å²) < 4.78 is 5.20. The number of nitriles is 1. The Morgan fingerprint density at radius 2 is 1.84 bits per heavy atom. The SMILES string of the molecule is CC(C)(C)c1ccccc1NC(=O)/C=C/c1ccc(OCC#N)cc1. The highest BCUT2D eigenvalue weighted by Crippen LogP contribution is 2.29. The second kappa shape index (κ2) is 8.16. The Kier molecular flexibility index (Phi) is 5.97. The zero-order valence-electron chi connectivity index (χ0n) is 14.7. The van der Waals surface area contributed by atoms with Crippen LogP contribution < -0.4 is 10.1 Å². The van der Waals surface area contributed by atoms with Crippen LogP contribution in [-0.4, -0.2) is 12.5 Å². The van der Waals surface area contributed by atoms with Gasteiger partial charge < -0.3 is 10.1 Å². The first-order valence-corrected chi connectivity index (χ1v) is 8.08. The van der Waals surface area contributed by atoms with Crippen molar-refractivity contribution in [2.24, 2.45) is 0 Å². The fourth-order valence-electron chi connectivity index (χ4n) is 2.38. The van der Waals surface area contributed by atoms with Crippen molar-refractivity contribution in [2.45, 2.75) is 26.2 Å². The van der Waals surface area contributed by atoms with E-state index in [0.29, 0.717) is 5.75 Å². The number of rotatable bonds is 5. The number of amides is 1. The first-order chi connectivity index (χ1) is 11.9. The number of anilines is 1. The number of ether oxygens (including phenoxy) is 1. The Morgan fingerprint density at radius 1 is 1.16 bits per heavy atom. The van der Waals surface area contributed by atoms with Crippen molar-refractivity contribution in [1.82, 2.24) is 0 Å². The Bertz CT molecular complexity index is 794. The highest BCUT2D eigenvalue weighted by atomic mass is 16.5. The predicted molar refractivity (Wildman–Crippen MR) is 100 cm³/mol. The largest absolute Gasteiger partial charge is 0.479 e. The summed E-state index contributed by atoms with van der Waals surface area (Å²) in [5.74, 6) is 0.448. The first-order valence-electron chi connectivity index (χ1n) is 8.08. The highest BCUT2D eigenvalue weighted by molar-refractivity contribution is 6.02. The molecule has 0 heterocycles. The number of hydrogen-bond donors (Lipinski definition) is 1. The Hall–Kier alpha value is -3.06. The average molecular weight is 334 g/mol. The number of nitrogens with zero attached hydrogens (tertiary/aromatic N) is 1. The quantitative estimate of drug-likeness (QED) is 0.817. The lowest BCUT2D eigenvalue weighted by molar-refractivity contribution is -0.111. The molecular formula is C21H22N2O2. The van der Waals surface area contributed by atoms with Crippen LogP contribution in [0.5, 0.6) is 5.75 Å². The van der Waals surface area contributed by atoms with Gasteiger partial charge in [0.25, 0.3) is 0 Å². The minimum absolute atomic E-state index is 0.0186. The monoisotopic (exact) mass is 334 g/mol. The molecule has 0 fully saturated rings. The summed E-state index contributed by atoms with van der Waals surface area (Å²) in [7, 11) is 0. The summed E-state index contributed by atoms with van der Waals surface area (Å²) >= 11 is 0. The fourth-order valence-corrected chi connectivity index (χ4v) is 2.38. The molecule has 0 spiro atoms. The van der Waals surface area contributed by atoms with Crippen molar-refractivity contribution in [3.63, 3.8) is 0 Å². The van der Waals surface area contributed by atoms with E-state index in [4.69, 9.17) is 10.00 Å². The molecule has 1 amide bonds. The van der Waals surface area contributed by atoms with Crippen molar-refractivity contribution in [3.8, 4) is 11.8 Å². The summed E-state index contributed by atoms with van der Waals surface area (Å²) in [5.41, 5.74) is 2.75. The molecule has 1 N–H and O–H groups in total. The maximum Gasteiger partial charge on any atom is 0.248 e. The zero-order chi connectivity index (χ0) is 18.3. The summed E-state index contributed by atoms with van der Waals surface area (Å²) in [5, 5.41) is 11.4. The topological polar surface area (TPSA) is 62.1 Å². The fraction of sp³-hybridized carbons (Fsp3) is 0.238. The molecule has 4 nitrogen and oxygen atoms in total. The van der Waals surface area contributed by atoms with Gasteiger partial charge in [-0.25, -0.2) is 0 Å². The highest BCUT2D eigenvalue weighted by Gasteiger charge is 2.17. The van der Waals surface area contributed by atoms with E-state index in [0.717, 1.165) is 16.8 Å². The number of carbonyl (C=O) groups is 1. The molecule has 0 aromatic heterocycles. The first kappa shape index (κ1) is 18.3. The molecule has 0 radical (unpaired) electrons. The van der Waals surface area contributed by atoms with Crippen LogP contribution in [0.25, 0.3) is 6.08 Å². The van der Waals surface area contributed by atoms with E-state index >= 15 is 0 Å². The van der Waals surface area contributed by atoms with E-state index in [-0.39, 0.29) is 17.9 Å². The molecule has 0 aliphatic carbocycles. The minimum Gasteiger partial charge on any atom is -0.479 e. The molecule has 0 unspecified atom stereocenters. The molecule has 0 saturated carbocycles. The molecular weight excluding hydrogens is 312 g/mol. The van der Waals surface area contributed by atoms with Gasteiger partial charge >= 0.3 is 0 Å². The summed E-state index contributed by atoms with van der Waals surface area (Å²) in [6, 6.07) is 16.9. The Balaban J connectivity index is 2.03. The van der Waals surface area contributed by atoms with Crippen molar-refractivity contribution < 1.29 is 9.53 Å². The minimum atomic E-state index is -0.179. The maximum absolute atomic E-state index is 12.2. The standard InChI is InChI=1S/C21H22N2O2/c1-21(2,3)18-6-4-5-7-19(18)23-20(24)13-10-16-8-11-17(12-9-16)25-15-14-22/h4-13H,15H2,1-3H3,(H,23,24)/b13-10+. The zero-order valence-corrected chi connectivity index (χ0v) is 14.7. The molecule has 2 aromatic carbocycles. The predicted octanol–water partition coefficient (Wildman–Crippen LogP) is 4.54. The molecule has 0 aliphatic rings. The third-order valence-electron chi connectivity index (χ3n) is 3.60. The van der Waals surface area contributed by atoms with Gasteiger partial charge in [-0.1, -0.05) is 51.1 Å². The average Bonchev–Trinajstić information content (AvgIpc) is 2.58. The van der Waals surface area contributed by atoms with Gasteiger partial charge in [-0.3, -0.25) is 4.79 Å². The second-order valence-electron chi connectivity index (χ2n) is 6.63. The lowest BCUT2D eigenvalue weighted by Gasteiger charge is -2.22. The van der Waals surface area contributed by atoms with E-state index in [2.05, 4.69) is 26.1 Å². The summed E-state index contributed by atoms with van der Waals surface area (Å²) in [6.45, 7) is 6.36. The van der Waals surface area contributed by atoms with Crippen molar-refractivity contribution in [1.29, 1.82) is 5.26 Å². The van der Waals surface area contributed by atoms with Crippen LogP contribution in [-0.2, 0) is 10.2 Å². The number of nitrogens with one attached hydrogen (secondary N) is 1. The van der Waals surface area contributed by atoms with Crippen LogP contribution in [0.4, 0.5) is 5.69 Å². The van der Waals surface area contributed by atoms with E-state index in [1.165, 1.54) is 6.08 Å². The number of carbonyl (C=O) groups excluding carboxylic acids is 1. The Labute approximate surface area is 148 Å². The number of para-hydroxylation sites is 1. The van der Waals surface area contributed by atoms with Crippen LogP contribution in [0.1, 0.15) is 31.9 Å². The molecule has 0 bridgehead atoms. The number of benzene rings is 2.